The van der Waals surface area contributed by atoms with Crippen molar-refractivity contribution in [3.05, 3.63) is 0 Å². The largest absolute Gasteiger partial charge is 1.00 e. The monoisotopic (exact) mass is 326 g/mol. The Kier molecular flexibility index (Phi) is 32.7. The van der Waals surface area contributed by atoms with Gasteiger partial charge in [0.05, 0.1) is 6.61 Å². The molecule has 22 heavy (non-hydrogen) atoms. The Morgan fingerprint density at radius 1 is 0.773 bits per heavy atom. The first-order valence-electron chi connectivity index (χ1n) is 8.90. The Balaban J connectivity index is -0.000000225. The Hall–Kier alpha value is 0.430. The molecular formula is C18H39NaO3. The first-order valence-corrected chi connectivity index (χ1v) is 8.90. The number of unbranched alkanes of at least 4 members (excludes halogenated alkanes) is 9. The van der Waals surface area contributed by atoms with Crippen LogP contribution < -0.4 is 29.6 Å². The Morgan fingerprint density at radius 2 is 1.18 bits per heavy atom. The van der Waals surface area contributed by atoms with Gasteiger partial charge in [-0.15, -0.1) is 0 Å². The predicted octanol–water partition coefficient (Wildman–Crippen LogP) is 2.63. The zero-order valence-corrected chi connectivity index (χ0v) is 17.9. The molecule has 0 heterocycles. The molecule has 4 heteroatoms. The fraction of sp³-hybridized carbons (Fsp3) is 0.944. The van der Waals surface area contributed by atoms with E-state index in [9.17, 15) is 4.79 Å². The summed E-state index contributed by atoms with van der Waals surface area (Å²) in [7, 11) is 0. The molecule has 0 aromatic heterocycles. The van der Waals surface area contributed by atoms with Crippen molar-refractivity contribution < 1.29 is 45.3 Å². The van der Waals surface area contributed by atoms with Gasteiger partial charge in [-0.1, -0.05) is 64.7 Å². The minimum atomic E-state index is -0.157. The van der Waals surface area contributed by atoms with Crippen molar-refractivity contribution in [2.45, 2.75) is 91.9 Å². The van der Waals surface area contributed by atoms with Crippen LogP contribution in [0.3, 0.4) is 0 Å². The Morgan fingerprint density at radius 3 is 1.50 bits per heavy atom. The van der Waals surface area contributed by atoms with Gasteiger partial charge >= 0.3 is 35.5 Å². The number of rotatable bonds is 13. The minimum Gasteiger partial charge on any atom is -1.00 e. The van der Waals surface area contributed by atoms with Crippen LogP contribution in [0.25, 0.3) is 0 Å². The van der Waals surface area contributed by atoms with Gasteiger partial charge in [0.25, 0.3) is 0 Å². The first-order chi connectivity index (χ1) is 10.2. The van der Waals surface area contributed by atoms with Crippen molar-refractivity contribution >= 4 is 5.97 Å². The smallest absolute Gasteiger partial charge is 1.00 e. The Bertz CT molecular complexity index is 203. The minimum absolute atomic E-state index is 0. The summed E-state index contributed by atoms with van der Waals surface area (Å²) in [5.74, 6) is -0.157. The fourth-order valence-corrected chi connectivity index (χ4v) is 2.01. The van der Waals surface area contributed by atoms with Gasteiger partial charge < -0.3 is 10.9 Å². The standard InChI is InChI=1S/C14H28O2.C4H10O.Na.H/c1-3-4-5-6-7-8-9-10-11-12-13-16-14(2)15;1-3-5-4-2;;/h3-13H2,1-2H3;3-4H2,1-2H3;;/q;;+1;-1. The van der Waals surface area contributed by atoms with Crippen molar-refractivity contribution in [3.8, 4) is 0 Å². The molecule has 0 saturated heterocycles. The van der Waals surface area contributed by atoms with Crippen LogP contribution in [0.1, 0.15) is 93.3 Å². The molecule has 0 aliphatic carbocycles. The van der Waals surface area contributed by atoms with E-state index in [1.807, 2.05) is 13.8 Å². The molecule has 0 saturated carbocycles. The summed E-state index contributed by atoms with van der Waals surface area (Å²) in [6, 6.07) is 0. The van der Waals surface area contributed by atoms with Crippen molar-refractivity contribution in [2.75, 3.05) is 19.8 Å². The average Bonchev–Trinajstić information content (AvgIpc) is 2.46. The second-order valence-corrected chi connectivity index (χ2v) is 5.30. The Labute approximate surface area is 162 Å². The second-order valence-electron chi connectivity index (χ2n) is 5.30. The third kappa shape index (κ3) is 32.4. The van der Waals surface area contributed by atoms with Gasteiger partial charge in [0, 0.05) is 20.1 Å². The molecule has 0 aromatic carbocycles. The summed E-state index contributed by atoms with van der Waals surface area (Å²) in [6.07, 6.45) is 13.1. The van der Waals surface area contributed by atoms with Crippen LogP contribution >= 0.6 is 0 Å². The maximum Gasteiger partial charge on any atom is 1.00 e. The number of carbonyl (C=O) groups excluding carboxylic acids is 1. The molecule has 0 spiro atoms. The van der Waals surface area contributed by atoms with Gasteiger partial charge in [-0.05, 0) is 20.3 Å². The van der Waals surface area contributed by atoms with Crippen LogP contribution in [0.15, 0.2) is 0 Å². The maximum absolute atomic E-state index is 10.5. The zero-order valence-electron chi connectivity index (χ0n) is 16.9. The molecule has 0 aliphatic rings. The molecule has 3 nitrogen and oxygen atoms in total. The van der Waals surface area contributed by atoms with Gasteiger partial charge in [0.15, 0.2) is 0 Å². The van der Waals surface area contributed by atoms with E-state index in [4.69, 9.17) is 9.47 Å². The number of hydrogen-bond acceptors (Lipinski definition) is 3. The molecule has 0 radical (unpaired) electrons. The third-order valence-electron chi connectivity index (χ3n) is 3.21. The van der Waals surface area contributed by atoms with Crippen molar-refractivity contribution in [1.29, 1.82) is 0 Å². The van der Waals surface area contributed by atoms with E-state index in [1.54, 1.807) is 0 Å². The topological polar surface area (TPSA) is 35.5 Å². The van der Waals surface area contributed by atoms with Gasteiger partial charge in [0.1, 0.15) is 0 Å². The van der Waals surface area contributed by atoms with Crippen molar-refractivity contribution in [1.82, 2.24) is 0 Å². The number of carbonyl (C=O) groups is 1. The molecule has 0 fully saturated rings. The molecule has 0 aliphatic heterocycles. The quantitative estimate of drug-likeness (QED) is 0.296. The summed E-state index contributed by atoms with van der Waals surface area (Å²) in [4.78, 5) is 10.5. The molecule has 0 bridgehead atoms. The average molecular weight is 326 g/mol. The summed E-state index contributed by atoms with van der Waals surface area (Å²) < 4.78 is 9.71. The van der Waals surface area contributed by atoms with Crippen LogP contribution in [0, 0.1) is 0 Å². The molecular weight excluding hydrogens is 287 g/mol. The normalized spacial score (nSPS) is 9.45. The number of hydrogen-bond donors (Lipinski definition) is 0. The van der Waals surface area contributed by atoms with Crippen LogP contribution in [-0.4, -0.2) is 25.8 Å². The molecule has 0 unspecified atom stereocenters. The SMILES string of the molecule is CCCCCCCCCCCCOC(C)=O.CCOCC.[H-].[Na+]. The van der Waals surface area contributed by atoms with E-state index in [-0.39, 0.29) is 37.0 Å². The van der Waals surface area contributed by atoms with E-state index < -0.39 is 0 Å². The first kappa shape index (κ1) is 27.3. The molecule has 0 aromatic rings. The van der Waals surface area contributed by atoms with Gasteiger partial charge in [0.2, 0.25) is 0 Å². The number of esters is 1. The van der Waals surface area contributed by atoms with E-state index >= 15 is 0 Å². The predicted molar refractivity (Wildman–Crippen MR) is 91.8 cm³/mol. The molecule has 130 valence electrons. The van der Waals surface area contributed by atoms with E-state index in [0.717, 1.165) is 19.6 Å². The molecule has 0 atom stereocenters. The molecule has 0 N–H and O–H groups in total. The third-order valence-corrected chi connectivity index (χ3v) is 3.21. The summed E-state index contributed by atoms with van der Waals surface area (Å²) in [6.45, 7) is 9.99. The maximum atomic E-state index is 10.5. The van der Waals surface area contributed by atoms with E-state index in [1.165, 1.54) is 64.7 Å². The summed E-state index contributed by atoms with van der Waals surface area (Å²) in [5, 5.41) is 0. The van der Waals surface area contributed by atoms with Crippen LogP contribution in [-0.2, 0) is 14.3 Å². The molecule has 0 amide bonds. The summed E-state index contributed by atoms with van der Waals surface area (Å²) >= 11 is 0. The number of ether oxygens (including phenoxy) is 2. The summed E-state index contributed by atoms with van der Waals surface area (Å²) in [5.41, 5.74) is 0. The van der Waals surface area contributed by atoms with Crippen LogP contribution in [0.5, 0.6) is 0 Å². The van der Waals surface area contributed by atoms with Gasteiger partial charge in [-0.25, -0.2) is 0 Å². The second kappa shape index (κ2) is 26.3. The van der Waals surface area contributed by atoms with Crippen molar-refractivity contribution in [2.24, 2.45) is 0 Å². The van der Waals surface area contributed by atoms with Gasteiger partial charge in [-0.2, -0.15) is 0 Å². The van der Waals surface area contributed by atoms with E-state index in [0.29, 0.717) is 6.61 Å². The van der Waals surface area contributed by atoms with Crippen molar-refractivity contribution in [3.63, 3.8) is 0 Å². The van der Waals surface area contributed by atoms with E-state index in [2.05, 4.69) is 6.92 Å². The molecule has 0 rings (SSSR count). The zero-order chi connectivity index (χ0) is 16.2. The van der Waals surface area contributed by atoms with Crippen LogP contribution in [0.2, 0.25) is 0 Å². The van der Waals surface area contributed by atoms with Gasteiger partial charge in [-0.3, -0.25) is 4.79 Å². The fourth-order valence-electron chi connectivity index (χ4n) is 2.01. The van der Waals surface area contributed by atoms with Crippen LogP contribution in [0.4, 0.5) is 0 Å².